The summed E-state index contributed by atoms with van der Waals surface area (Å²) in [6.45, 7) is 1.51. The number of aromatic nitrogens is 3. The highest BCUT2D eigenvalue weighted by Crippen LogP contribution is 2.39. The molecule has 4 rings (SSSR count). The Kier molecular flexibility index (Phi) is 4.10. The monoisotopic (exact) mass is 377 g/mol. The van der Waals surface area contributed by atoms with Gasteiger partial charge < -0.3 is 10.2 Å². The van der Waals surface area contributed by atoms with Gasteiger partial charge >= 0.3 is 6.18 Å². The Bertz CT molecular complexity index is 990. The minimum absolute atomic E-state index is 0.110. The Labute approximate surface area is 153 Å². The number of hydrogen-bond acceptors (Lipinski definition) is 4. The number of aromatic hydroxyl groups is 1. The largest absolute Gasteiger partial charge is 0.507 e. The highest BCUT2D eigenvalue weighted by molar-refractivity contribution is 5.80. The minimum Gasteiger partial charge on any atom is -0.507 e. The Hall–Kier alpha value is -2.61. The minimum atomic E-state index is -4.53. The number of benzene rings is 1. The zero-order valence-electron chi connectivity index (χ0n) is 14.5. The second kappa shape index (κ2) is 6.23. The molecule has 0 radical (unpaired) electrons. The molecule has 0 spiro atoms. The number of alkyl halides is 3. The summed E-state index contributed by atoms with van der Waals surface area (Å²) >= 11 is 0. The van der Waals surface area contributed by atoms with Crippen LogP contribution < -0.4 is 0 Å². The van der Waals surface area contributed by atoms with Crippen molar-refractivity contribution < 1.29 is 23.4 Å². The Balaban J connectivity index is 1.74. The molecule has 0 saturated heterocycles. The summed E-state index contributed by atoms with van der Waals surface area (Å²) in [6, 6.07) is 5.27. The van der Waals surface area contributed by atoms with E-state index >= 15 is 0 Å². The third-order valence-corrected chi connectivity index (χ3v) is 5.04. The Morgan fingerprint density at radius 1 is 1.19 bits per heavy atom. The van der Waals surface area contributed by atoms with E-state index in [0.29, 0.717) is 23.8 Å². The molecule has 2 heterocycles. The number of aryl methyl sites for hydroxylation is 1. The number of nitrogens with zero attached hydrogens (tertiary/aromatic N) is 3. The molecule has 1 saturated carbocycles. The van der Waals surface area contributed by atoms with Crippen molar-refractivity contribution in [1.82, 2.24) is 14.8 Å². The number of phenols is 1. The summed E-state index contributed by atoms with van der Waals surface area (Å²) in [6.07, 6.45) is -0.784. The number of halogens is 3. The topological polar surface area (TPSA) is 71.2 Å². The fraction of sp³-hybridized carbons (Fsp3) is 0.368. The molecule has 0 amide bonds. The third-order valence-electron chi connectivity index (χ3n) is 5.04. The molecule has 27 heavy (non-hydrogen) atoms. The van der Waals surface area contributed by atoms with Gasteiger partial charge in [-0.05, 0) is 56.0 Å². The van der Waals surface area contributed by atoms with E-state index in [1.165, 1.54) is 6.92 Å². The quantitative estimate of drug-likeness (QED) is 0.702. The van der Waals surface area contributed by atoms with Crippen molar-refractivity contribution >= 4 is 11.0 Å². The number of hydrogen-bond donors (Lipinski definition) is 2. The Morgan fingerprint density at radius 3 is 2.59 bits per heavy atom. The Morgan fingerprint density at radius 2 is 1.96 bits per heavy atom. The molecule has 1 unspecified atom stereocenters. The predicted molar refractivity (Wildman–Crippen MR) is 93.3 cm³/mol. The van der Waals surface area contributed by atoms with E-state index in [0.717, 1.165) is 24.3 Å². The summed E-state index contributed by atoms with van der Waals surface area (Å²) in [7, 11) is 0. The van der Waals surface area contributed by atoms with Gasteiger partial charge in [0.2, 0.25) is 0 Å². The molecule has 1 aliphatic rings. The molecule has 142 valence electrons. The first-order chi connectivity index (χ1) is 12.7. The van der Waals surface area contributed by atoms with Crippen LogP contribution in [-0.2, 0) is 6.18 Å². The lowest BCUT2D eigenvalue weighted by molar-refractivity contribution is -0.137. The van der Waals surface area contributed by atoms with E-state index in [9.17, 15) is 23.4 Å². The third kappa shape index (κ3) is 3.25. The first-order valence-corrected chi connectivity index (χ1v) is 8.67. The van der Waals surface area contributed by atoms with Crippen LogP contribution in [0.5, 0.6) is 5.75 Å². The summed E-state index contributed by atoms with van der Waals surface area (Å²) in [5, 5.41) is 25.1. The standard InChI is InChI=1S/C19H18F3N3O2/c1-10-6-12(19(20,21)22)7-16(27)17(10)15-5-2-11-9-25(24-18(11)23-15)13-3-4-14(26)8-13/h2,5-7,9,13-14,26-27H,3-4,8H2,1H3/t13?,14-/m1/s1. The van der Waals surface area contributed by atoms with E-state index in [1.54, 1.807) is 16.8 Å². The summed E-state index contributed by atoms with van der Waals surface area (Å²) in [4.78, 5) is 4.43. The molecule has 1 aromatic carbocycles. The van der Waals surface area contributed by atoms with Crippen LogP contribution >= 0.6 is 0 Å². The van der Waals surface area contributed by atoms with Gasteiger partial charge in [0.1, 0.15) is 5.75 Å². The van der Waals surface area contributed by atoms with E-state index in [2.05, 4.69) is 10.1 Å². The number of phenolic OH excluding ortho intramolecular Hbond substituents is 1. The van der Waals surface area contributed by atoms with Gasteiger partial charge in [-0.2, -0.15) is 18.3 Å². The predicted octanol–water partition coefficient (Wildman–Crippen LogP) is 4.22. The number of rotatable bonds is 2. The molecule has 2 aromatic heterocycles. The van der Waals surface area contributed by atoms with Crippen LogP contribution in [0.4, 0.5) is 13.2 Å². The maximum atomic E-state index is 12.9. The molecule has 1 aliphatic carbocycles. The molecular formula is C19H18F3N3O2. The second-order valence-electron chi connectivity index (χ2n) is 7.02. The van der Waals surface area contributed by atoms with Crippen molar-refractivity contribution in [1.29, 1.82) is 0 Å². The molecule has 5 nitrogen and oxygen atoms in total. The number of aliphatic hydroxyl groups is 1. The lowest BCUT2D eigenvalue weighted by atomic mass is 10.00. The number of pyridine rings is 1. The van der Waals surface area contributed by atoms with Crippen LogP contribution in [0.1, 0.15) is 36.4 Å². The van der Waals surface area contributed by atoms with Gasteiger partial charge in [-0.3, -0.25) is 4.68 Å². The molecule has 0 bridgehead atoms. The molecule has 3 aromatic rings. The summed E-state index contributed by atoms with van der Waals surface area (Å²) in [5.41, 5.74) is 0.463. The SMILES string of the molecule is Cc1cc(C(F)(F)F)cc(O)c1-c1ccc2cn(C3CC[C@@H](O)C3)nc2n1. The molecule has 8 heteroatoms. The fourth-order valence-corrected chi connectivity index (χ4v) is 3.69. The van der Waals surface area contributed by atoms with Crippen LogP contribution in [0, 0.1) is 6.92 Å². The maximum absolute atomic E-state index is 12.9. The van der Waals surface area contributed by atoms with Gasteiger partial charge in [0.25, 0.3) is 0 Å². The van der Waals surface area contributed by atoms with E-state index < -0.39 is 17.5 Å². The van der Waals surface area contributed by atoms with Gasteiger partial charge in [-0.25, -0.2) is 4.98 Å². The van der Waals surface area contributed by atoms with Crippen molar-refractivity contribution in [2.24, 2.45) is 0 Å². The van der Waals surface area contributed by atoms with Crippen LogP contribution in [0.15, 0.2) is 30.5 Å². The van der Waals surface area contributed by atoms with Crippen LogP contribution in [-0.4, -0.2) is 31.1 Å². The molecule has 2 N–H and O–H groups in total. The zero-order valence-corrected chi connectivity index (χ0v) is 14.5. The van der Waals surface area contributed by atoms with E-state index in [4.69, 9.17) is 0 Å². The van der Waals surface area contributed by atoms with Gasteiger partial charge in [0, 0.05) is 17.1 Å². The number of aliphatic hydroxyl groups excluding tert-OH is 1. The van der Waals surface area contributed by atoms with Gasteiger partial charge in [-0.1, -0.05) is 0 Å². The first kappa shape index (κ1) is 17.8. The normalized spacial score (nSPS) is 20.5. The van der Waals surface area contributed by atoms with Crippen LogP contribution in [0.3, 0.4) is 0 Å². The van der Waals surface area contributed by atoms with Crippen molar-refractivity contribution in [3.05, 3.63) is 41.6 Å². The van der Waals surface area contributed by atoms with Crippen molar-refractivity contribution in [2.45, 2.75) is 44.5 Å². The average molecular weight is 377 g/mol. The van der Waals surface area contributed by atoms with Gasteiger partial charge in [-0.15, -0.1) is 0 Å². The van der Waals surface area contributed by atoms with Crippen LogP contribution in [0.2, 0.25) is 0 Å². The molecular weight excluding hydrogens is 359 g/mol. The second-order valence-corrected chi connectivity index (χ2v) is 7.02. The van der Waals surface area contributed by atoms with Crippen molar-refractivity contribution in [3.8, 4) is 17.0 Å². The maximum Gasteiger partial charge on any atom is 0.416 e. The molecule has 2 atom stereocenters. The van der Waals surface area contributed by atoms with Gasteiger partial charge in [0.05, 0.1) is 23.4 Å². The highest BCUT2D eigenvalue weighted by atomic mass is 19.4. The molecule has 0 aliphatic heterocycles. The fourth-order valence-electron chi connectivity index (χ4n) is 3.69. The zero-order chi connectivity index (χ0) is 19.3. The molecule has 1 fully saturated rings. The van der Waals surface area contributed by atoms with E-state index in [1.807, 2.05) is 6.20 Å². The number of fused-ring (bicyclic) bond motifs is 1. The lowest BCUT2D eigenvalue weighted by Crippen LogP contribution is -2.07. The smallest absolute Gasteiger partial charge is 0.416 e. The summed E-state index contributed by atoms with van der Waals surface area (Å²) in [5.74, 6) is -0.465. The van der Waals surface area contributed by atoms with Gasteiger partial charge in [0.15, 0.2) is 5.65 Å². The lowest BCUT2D eigenvalue weighted by Gasteiger charge is -2.13. The van der Waals surface area contributed by atoms with Crippen molar-refractivity contribution in [3.63, 3.8) is 0 Å². The first-order valence-electron chi connectivity index (χ1n) is 8.67. The van der Waals surface area contributed by atoms with E-state index in [-0.39, 0.29) is 23.3 Å². The highest BCUT2D eigenvalue weighted by Gasteiger charge is 2.32. The van der Waals surface area contributed by atoms with Crippen molar-refractivity contribution in [2.75, 3.05) is 0 Å². The summed E-state index contributed by atoms with van der Waals surface area (Å²) < 4.78 is 40.5. The van der Waals surface area contributed by atoms with Crippen LogP contribution in [0.25, 0.3) is 22.3 Å². The average Bonchev–Trinajstić information content (AvgIpc) is 3.18.